The lowest BCUT2D eigenvalue weighted by atomic mass is 9.97. The molecule has 27 heavy (non-hydrogen) atoms. The fraction of sp³-hybridized carbons (Fsp3) is 0.429. The van der Waals surface area contributed by atoms with Gasteiger partial charge < -0.3 is 10.4 Å². The highest BCUT2D eigenvalue weighted by molar-refractivity contribution is 5.76. The quantitative estimate of drug-likeness (QED) is 0.777. The van der Waals surface area contributed by atoms with E-state index < -0.39 is 23.8 Å². The van der Waals surface area contributed by atoms with Gasteiger partial charge in [0.15, 0.2) is 0 Å². The number of hydrogen-bond acceptors (Lipinski definition) is 3. The minimum absolute atomic E-state index is 0.100. The van der Waals surface area contributed by atoms with Crippen molar-refractivity contribution in [3.8, 4) is 0 Å². The number of carbonyl (C=O) groups excluding carboxylic acids is 1. The van der Waals surface area contributed by atoms with Crippen LogP contribution in [0.5, 0.6) is 0 Å². The molecule has 0 bridgehead atoms. The first kappa shape index (κ1) is 19.4. The third-order valence-electron chi connectivity index (χ3n) is 5.05. The number of rotatable bonds is 7. The maximum Gasteiger partial charge on any atom is 0.220 e. The van der Waals surface area contributed by atoms with Crippen molar-refractivity contribution in [2.75, 3.05) is 0 Å². The van der Waals surface area contributed by atoms with E-state index in [-0.39, 0.29) is 12.3 Å². The summed E-state index contributed by atoms with van der Waals surface area (Å²) in [5, 5.41) is 13.6. The number of amides is 1. The summed E-state index contributed by atoms with van der Waals surface area (Å²) in [7, 11) is 0. The number of carbonyl (C=O) groups is 1. The van der Waals surface area contributed by atoms with Gasteiger partial charge in [0, 0.05) is 18.7 Å². The number of nitrogens with one attached hydrogen (secondary N) is 1. The van der Waals surface area contributed by atoms with Gasteiger partial charge in [-0.05, 0) is 55.0 Å². The first-order valence-electron chi connectivity index (χ1n) is 9.34. The van der Waals surface area contributed by atoms with Crippen molar-refractivity contribution in [2.24, 2.45) is 5.92 Å². The number of aliphatic hydroxyl groups excluding tert-OH is 1. The minimum atomic E-state index is -1.08. The Morgan fingerprint density at radius 2 is 1.89 bits per heavy atom. The molecule has 1 aromatic heterocycles. The van der Waals surface area contributed by atoms with Gasteiger partial charge in [-0.2, -0.15) is 0 Å². The third-order valence-corrected chi connectivity index (χ3v) is 5.05. The molecular weight excluding hydrogens is 350 g/mol. The second-order valence-corrected chi connectivity index (χ2v) is 7.21. The summed E-state index contributed by atoms with van der Waals surface area (Å²) in [6, 6.07) is 7.63. The van der Waals surface area contributed by atoms with Crippen molar-refractivity contribution in [3.05, 3.63) is 65.5 Å². The third kappa shape index (κ3) is 5.57. The van der Waals surface area contributed by atoms with Crippen LogP contribution in [0, 0.1) is 17.6 Å². The zero-order chi connectivity index (χ0) is 19.2. The van der Waals surface area contributed by atoms with Crippen LogP contribution in [-0.2, 0) is 11.2 Å². The Balaban J connectivity index is 1.75. The molecule has 0 saturated heterocycles. The molecule has 6 heteroatoms. The minimum Gasteiger partial charge on any atom is -0.385 e. The van der Waals surface area contributed by atoms with E-state index in [1.54, 1.807) is 24.4 Å². The van der Waals surface area contributed by atoms with Crippen LogP contribution in [0.15, 0.2) is 42.6 Å². The average molecular weight is 374 g/mol. The molecule has 4 nitrogen and oxygen atoms in total. The molecule has 1 aliphatic rings. The molecule has 3 rings (SSSR count). The Hall–Kier alpha value is -2.34. The van der Waals surface area contributed by atoms with E-state index in [1.807, 2.05) is 0 Å². The number of pyridine rings is 1. The highest BCUT2D eigenvalue weighted by Crippen LogP contribution is 2.28. The van der Waals surface area contributed by atoms with Crippen LogP contribution in [0.4, 0.5) is 8.78 Å². The van der Waals surface area contributed by atoms with Gasteiger partial charge in [0.05, 0.1) is 11.7 Å². The van der Waals surface area contributed by atoms with Crippen LogP contribution < -0.4 is 5.32 Å². The largest absolute Gasteiger partial charge is 0.385 e. The van der Waals surface area contributed by atoms with Crippen molar-refractivity contribution < 1.29 is 18.7 Å². The summed E-state index contributed by atoms with van der Waals surface area (Å²) in [5.41, 5.74) is 0.772. The van der Waals surface area contributed by atoms with Crippen LogP contribution in [0.2, 0.25) is 0 Å². The van der Waals surface area contributed by atoms with Crippen molar-refractivity contribution >= 4 is 5.91 Å². The van der Waals surface area contributed by atoms with Crippen LogP contribution >= 0.6 is 0 Å². The monoisotopic (exact) mass is 374 g/mol. The van der Waals surface area contributed by atoms with Crippen LogP contribution in [0.1, 0.15) is 49.5 Å². The van der Waals surface area contributed by atoms with E-state index in [1.165, 1.54) is 12.1 Å². The molecule has 0 spiro atoms. The normalized spacial score (nSPS) is 16.9. The Morgan fingerprint density at radius 1 is 1.19 bits per heavy atom. The van der Waals surface area contributed by atoms with E-state index in [2.05, 4.69) is 10.3 Å². The summed E-state index contributed by atoms with van der Waals surface area (Å²) in [4.78, 5) is 16.6. The molecule has 1 amide bonds. The number of aromatic nitrogens is 1. The topological polar surface area (TPSA) is 62.2 Å². The predicted octanol–water partition coefficient (Wildman–Crippen LogP) is 3.70. The average Bonchev–Trinajstić information content (AvgIpc) is 3.13. The van der Waals surface area contributed by atoms with Gasteiger partial charge in [0.2, 0.25) is 5.91 Å². The molecule has 1 aromatic carbocycles. The van der Waals surface area contributed by atoms with Crippen LogP contribution in [0.25, 0.3) is 0 Å². The highest BCUT2D eigenvalue weighted by atomic mass is 19.1. The smallest absolute Gasteiger partial charge is 0.220 e. The second-order valence-electron chi connectivity index (χ2n) is 7.21. The summed E-state index contributed by atoms with van der Waals surface area (Å²) < 4.78 is 27.1. The molecule has 0 aliphatic heterocycles. The van der Waals surface area contributed by atoms with Gasteiger partial charge in [-0.25, -0.2) is 8.78 Å². The fourth-order valence-electron chi connectivity index (χ4n) is 3.72. The lowest BCUT2D eigenvalue weighted by Gasteiger charge is -2.25. The molecule has 144 valence electrons. The fourth-order valence-corrected chi connectivity index (χ4v) is 3.72. The van der Waals surface area contributed by atoms with Crippen molar-refractivity contribution in [1.29, 1.82) is 0 Å². The summed E-state index contributed by atoms with van der Waals surface area (Å²) in [6.45, 7) is 0. The van der Waals surface area contributed by atoms with Crippen molar-refractivity contribution in [1.82, 2.24) is 10.3 Å². The summed E-state index contributed by atoms with van der Waals surface area (Å²) in [5.74, 6) is -1.16. The first-order valence-corrected chi connectivity index (χ1v) is 9.34. The van der Waals surface area contributed by atoms with Gasteiger partial charge in [-0.1, -0.05) is 18.9 Å². The number of halogens is 2. The SMILES string of the molecule is O=C(CC1CCCC1)N[C@@H](Cc1cc(F)cc(F)c1)C(O)c1ccccn1. The number of nitrogens with zero attached hydrogens (tertiary/aromatic N) is 1. The number of hydrogen-bond donors (Lipinski definition) is 2. The second kappa shape index (κ2) is 9.04. The molecule has 1 aliphatic carbocycles. The van der Waals surface area contributed by atoms with Gasteiger partial charge in [0.1, 0.15) is 17.7 Å². The lowest BCUT2D eigenvalue weighted by molar-refractivity contribution is -0.123. The number of aliphatic hydroxyl groups is 1. The summed E-state index contributed by atoms with van der Waals surface area (Å²) in [6.07, 6.45) is 5.33. The zero-order valence-electron chi connectivity index (χ0n) is 15.1. The van der Waals surface area contributed by atoms with E-state index in [4.69, 9.17) is 0 Å². The van der Waals surface area contributed by atoms with Crippen molar-refractivity contribution in [3.63, 3.8) is 0 Å². The van der Waals surface area contributed by atoms with Crippen LogP contribution in [0.3, 0.4) is 0 Å². The lowest BCUT2D eigenvalue weighted by Crippen LogP contribution is -2.41. The van der Waals surface area contributed by atoms with E-state index in [0.29, 0.717) is 23.6 Å². The van der Waals surface area contributed by atoms with Crippen LogP contribution in [-0.4, -0.2) is 22.0 Å². The highest BCUT2D eigenvalue weighted by Gasteiger charge is 2.26. The molecule has 2 aromatic rings. The summed E-state index contributed by atoms with van der Waals surface area (Å²) >= 11 is 0. The molecule has 1 saturated carbocycles. The van der Waals surface area contributed by atoms with Gasteiger partial charge in [-0.15, -0.1) is 0 Å². The van der Waals surface area contributed by atoms with E-state index >= 15 is 0 Å². The van der Waals surface area contributed by atoms with E-state index in [9.17, 15) is 18.7 Å². The predicted molar refractivity (Wildman–Crippen MR) is 97.8 cm³/mol. The molecule has 0 radical (unpaired) electrons. The Bertz CT molecular complexity index is 744. The van der Waals surface area contributed by atoms with Gasteiger partial charge in [0.25, 0.3) is 0 Å². The Labute approximate surface area is 157 Å². The molecule has 1 heterocycles. The Kier molecular flexibility index (Phi) is 6.50. The molecule has 1 fully saturated rings. The molecule has 2 atom stereocenters. The maximum absolute atomic E-state index is 13.5. The molecular formula is C21H24F2N2O2. The maximum atomic E-state index is 13.5. The number of benzene rings is 1. The standard InChI is InChI=1S/C21H24F2N2O2/c22-16-9-15(10-17(23)13-16)11-19(21(27)18-7-3-4-8-24-18)25-20(26)12-14-5-1-2-6-14/h3-4,7-10,13-14,19,21,27H,1-2,5-6,11-12H2,(H,25,26)/t19-,21?/m0/s1. The van der Waals surface area contributed by atoms with Gasteiger partial charge >= 0.3 is 0 Å². The van der Waals surface area contributed by atoms with Crippen molar-refractivity contribution in [2.45, 2.75) is 50.7 Å². The molecule has 1 unspecified atom stereocenters. The zero-order valence-corrected chi connectivity index (χ0v) is 15.1. The van der Waals surface area contributed by atoms with Gasteiger partial charge in [-0.3, -0.25) is 9.78 Å². The Morgan fingerprint density at radius 3 is 2.52 bits per heavy atom. The first-order chi connectivity index (χ1) is 13.0. The molecule has 2 N–H and O–H groups in total. The van der Waals surface area contributed by atoms with E-state index in [0.717, 1.165) is 31.7 Å².